The third kappa shape index (κ3) is 4.95. The van der Waals surface area contributed by atoms with Crippen LogP contribution in [-0.4, -0.2) is 43.0 Å². The van der Waals surface area contributed by atoms with Gasteiger partial charge in [0.2, 0.25) is 5.91 Å². The van der Waals surface area contributed by atoms with Gasteiger partial charge in [0.25, 0.3) is 0 Å². The number of carbonyl (C=O) groups excluding carboxylic acids is 2. The molecule has 1 saturated heterocycles. The lowest BCUT2D eigenvalue weighted by molar-refractivity contribution is -0.150. The number of anilines is 1. The molecule has 24 heavy (non-hydrogen) atoms. The van der Waals surface area contributed by atoms with Crippen LogP contribution >= 0.6 is 11.6 Å². The maximum Gasteiger partial charge on any atom is 0.310 e. The summed E-state index contributed by atoms with van der Waals surface area (Å²) in [5.74, 6) is -0.544. The normalized spacial score (nSPS) is 17.8. The Morgan fingerprint density at radius 2 is 2.29 bits per heavy atom. The second-order valence-electron chi connectivity index (χ2n) is 5.68. The molecule has 2 rings (SSSR count). The van der Waals surface area contributed by atoms with Gasteiger partial charge < -0.3 is 10.1 Å². The van der Waals surface area contributed by atoms with Crippen molar-refractivity contribution < 1.29 is 14.3 Å². The maximum absolute atomic E-state index is 12.2. The van der Waals surface area contributed by atoms with Crippen LogP contribution < -0.4 is 5.32 Å². The van der Waals surface area contributed by atoms with E-state index >= 15 is 0 Å². The Bertz CT molecular complexity index is 657. The molecule has 1 heterocycles. The van der Waals surface area contributed by atoms with Crippen molar-refractivity contribution in [1.82, 2.24) is 4.90 Å². The molecule has 0 aliphatic carbocycles. The third-order valence-electron chi connectivity index (χ3n) is 3.87. The number of nitrogens with one attached hydrogen (secondary N) is 1. The second kappa shape index (κ2) is 8.67. The molecule has 0 spiro atoms. The average molecular weight is 350 g/mol. The summed E-state index contributed by atoms with van der Waals surface area (Å²) in [6.07, 6.45) is 1.65. The van der Waals surface area contributed by atoms with E-state index in [0.29, 0.717) is 29.4 Å². The molecule has 1 amide bonds. The van der Waals surface area contributed by atoms with Crippen LogP contribution in [0, 0.1) is 17.2 Å². The van der Waals surface area contributed by atoms with Gasteiger partial charge in [-0.2, -0.15) is 5.26 Å². The zero-order valence-electron chi connectivity index (χ0n) is 13.5. The lowest BCUT2D eigenvalue weighted by Gasteiger charge is -2.30. The highest BCUT2D eigenvalue weighted by molar-refractivity contribution is 6.32. The molecule has 0 saturated carbocycles. The standard InChI is InChI=1S/C17H20ClN3O3/c1-2-24-17(23)13-4-3-7-21(10-13)11-16(22)20-14-6-5-12(9-19)15(18)8-14/h5-6,8,13H,2-4,7,10-11H2,1H3,(H,20,22)/t13-/m0/s1. The Balaban J connectivity index is 1.89. The first-order chi connectivity index (χ1) is 11.5. The van der Waals surface area contributed by atoms with E-state index in [1.165, 1.54) is 0 Å². The summed E-state index contributed by atoms with van der Waals surface area (Å²) in [6.45, 7) is 3.66. The number of rotatable bonds is 5. The molecule has 1 fully saturated rings. The van der Waals surface area contributed by atoms with Crippen molar-refractivity contribution in [3.8, 4) is 6.07 Å². The maximum atomic E-state index is 12.2. The molecule has 0 bridgehead atoms. The highest BCUT2D eigenvalue weighted by Gasteiger charge is 2.27. The van der Waals surface area contributed by atoms with Crippen molar-refractivity contribution in [1.29, 1.82) is 5.26 Å². The third-order valence-corrected chi connectivity index (χ3v) is 4.18. The number of nitrogens with zero attached hydrogens (tertiary/aromatic N) is 2. The van der Waals surface area contributed by atoms with Crippen molar-refractivity contribution >= 4 is 29.2 Å². The summed E-state index contributed by atoms with van der Waals surface area (Å²) in [5.41, 5.74) is 0.908. The van der Waals surface area contributed by atoms with Gasteiger partial charge in [-0.25, -0.2) is 0 Å². The minimum atomic E-state index is -0.193. The van der Waals surface area contributed by atoms with Crippen LogP contribution in [0.5, 0.6) is 0 Å². The second-order valence-corrected chi connectivity index (χ2v) is 6.09. The highest BCUT2D eigenvalue weighted by Crippen LogP contribution is 2.21. The van der Waals surface area contributed by atoms with Crippen LogP contribution in [0.3, 0.4) is 0 Å². The number of carbonyl (C=O) groups is 2. The van der Waals surface area contributed by atoms with Gasteiger partial charge in [-0.05, 0) is 44.5 Å². The Labute approximate surface area is 146 Å². The fourth-order valence-corrected chi connectivity index (χ4v) is 2.96. The number of esters is 1. The zero-order chi connectivity index (χ0) is 17.5. The van der Waals surface area contributed by atoms with E-state index < -0.39 is 0 Å². The highest BCUT2D eigenvalue weighted by atomic mass is 35.5. The largest absolute Gasteiger partial charge is 0.466 e. The monoisotopic (exact) mass is 349 g/mol. The first kappa shape index (κ1) is 18.2. The SMILES string of the molecule is CCOC(=O)[C@H]1CCCN(CC(=O)Nc2ccc(C#N)c(Cl)c2)C1. The van der Waals surface area contributed by atoms with E-state index in [1.807, 2.05) is 11.0 Å². The number of hydrogen-bond donors (Lipinski definition) is 1. The fraction of sp³-hybridized carbons (Fsp3) is 0.471. The van der Waals surface area contributed by atoms with Crippen molar-refractivity contribution in [2.24, 2.45) is 5.92 Å². The molecule has 0 radical (unpaired) electrons. The van der Waals surface area contributed by atoms with Crippen LogP contribution in [-0.2, 0) is 14.3 Å². The van der Waals surface area contributed by atoms with Crippen molar-refractivity contribution in [3.05, 3.63) is 28.8 Å². The lowest BCUT2D eigenvalue weighted by atomic mass is 9.98. The van der Waals surface area contributed by atoms with Gasteiger partial charge in [0.1, 0.15) is 6.07 Å². The van der Waals surface area contributed by atoms with Gasteiger partial charge in [-0.1, -0.05) is 11.6 Å². The molecule has 1 atom stereocenters. The van der Waals surface area contributed by atoms with Crippen LogP contribution in [0.1, 0.15) is 25.3 Å². The number of likely N-dealkylation sites (tertiary alicyclic amines) is 1. The van der Waals surface area contributed by atoms with Crippen LogP contribution in [0.15, 0.2) is 18.2 Å². The minimum absolute atomic E-state index is 0.171. The predicted octanol–water partition coefficient (Wildman–Crippen LogP) is 2.43. The van der Waals surface area contributed by atoms with Gasteiger partial charge in [0, 0.05) is 12.2 Å². The van der Waals surface area contributed by atoms with Gasteiger partial charge in [0.15, 0.2) is 0 Å². The fourth-order valence-electron chi connectivity index (χ4n) is 2.74. The molecule has 1 N–H and O–H groups in total. The smallest absolute Gasteiger partial charge is 0.310 e. The van der Waals surface area contributed by atoms with Gasteiger partial charge in [-0.15, -0.1) is 0 Å². The molecule has 128 valence electrons. The number of halogens is 1. The molecular formula is C17H20ClN3O3. The predicted molar refractivity (Wildman–Crippen MR) is 90.6 cm³/mol. The molecule has 0 unspecified atom stereocenters. The Hall–Kier alpha value is -2.10. The van der Waals surface area contributed by atoms with E-state index in [4.69, 9.17) is 21.6 Å². The van der Waals surface area contributed by atoms with Gasteiger partial charge >= 0.3 is 5.97 Å². The molecule has 1 aliphatic heterocycles. The summed E-state index contributed by atoms with van der Waals surface area (Å²) in [5, 5.41) is 11.9. The van der Waals surface area contributed by atoms with E-state index in [9.17, 15) is 9.59 Å². The number of benzene rings is 1. The summed E-state index contributed by atoms with van der Waals surface area (Å²) in [4.78, 5) is 25.9. The van der Waals surface area contributed by atoms with E-state index in [1.54, 1.807) is 25.1 Å². The summed E-state index contributed by atoms with van der Waals surface area (Å²) in [6, 6.07) is 6.73. The first-order valence-electron chi connectivity index (χ1n) is 7.92. The molecule has 1 aliphatic rings. The van der Waals surface area contributed by atoms with Gasteiger partial charge in [-0.3, -0.25) is 14.5 Å². The number of hydrogen-bond acceptors (Lipinski definition) is 5. The number of amides is 1. The Morgan fingerprint density at radius 1 is 1.50 bits per heavy atom. The average Bonchev–Trinajstić information content (AvgIpc) is 2.55. The number of nitriles is 1. The van der Waals surface area contributed by atoms with E-state index in [2.05, 4.69) is 5.32 Å². The van der Waals surface area contributed by atoms with Crippen LogP contribution in [0.4, 0.5) is 5.69 Å². The lowest BCUT2D eigenvalue weighted by Crippen LogP contribution is -2.43. The Kier molecular flexibility index (Phi) is 6.59. The van der Waals surface area contributed by atoms with Crippen LogP contribution in [0.2, 0.25) is 5.02 Å². The molecule has 6 nitrogen and oxygen atoms in total. The zero-order valence-corrected chi connectivity index (χ0v) is 14.3. The Morgan fingerprint density at radius 3 is 2.96 bits per heavy atom. The summed E-state index contributed by atoms with van der Waals surface area (Å²) >= 11 is 5.95. The topological polar surface area (TPSA) is 82.4 Å². The molecular weight excluding hydrogens is 330 g/mol. The molecule has 7 heteroatoms. The molecule has 0 aromatic heterocycles. The summed E-state index contributed by atoms with van der Waals surface area (Å²) < 4.78 is 5.06. The minimum Gasteiger partial charge on any atom is -0.466 e. The van der Waals surface area contributed by atoms with Crippen molar-refractivity contribution in [3.63, 3.8) is 0 Å². The van der Waals surface area contributed by atoms with E-state index in [0.717, 1.165) is 19.4 Å². The van der Waals surface area contributed by atoms with Crippen molar-refractivity contribution in [2.75, 3.05) is 31.6 Å². The van der Waals surface area contributed by atoms with E-state index in [-0.39, 0.29) is 24.3 Å². The first-order valence-corrected chi connectivity index (χ1v) is 8.29. The quantitative estimate of drug-likeness (QED) is 0.825. The van der Waals surface area contributed by atoms with Gasteiger partial charge in [0.05, 0.1) is 29.7 Å². The molecule has 1 aromatic rings. The number of piperidine rings is 1. The number of ether oxygens (including phenoxy) is 1. The molecule has 1 aromatic carbocycles. The summed E-state index contributed by atoms with van der Waals surface area (Å²) in [7, 11) is 0. The van der Waals surface area contributed by atoms with Crippen LogP contribution in [0.25, 0.3) is 0 Å². The van der Waals surface area contributed by atoms with Crippen molar-refractivity contribution in [2.45, 2.75) is 19.8 Å².